The molecule has 1 aromatic heterocycles. The second kappa shape index (κ2) is 6.71. The van der Waals surface area contributed by atoms with E-state index in [1.165, 1.54) is 22.8 Å². The van der Waals surface area contributed by atoms with Gasteiger partial charge in [0.25, 0.3) is 0 Å². The van der Waals surface area contributed by atoms with Crippen LogP contribution in [0.15, 0.2) is 12.1 Å². The fourth-order valence-electron chi connectivity index (χ4n) is 2.15. The third kappa shape index (κ3) is 3.80. The lowest BCUT2D eigenvalue weighted by molar-refractivity contribution is 0.601. The van der Waals surface area contributed by atoms with Crippen molar-refractivity contribution in [3.8, 4) is 0 Å². The average molecular weight is 308 g/mol. The van der Waals surface area contributed by atoms with Crippen LogP contribution >= 0.6 is 46.5 Å². The van der Waals surface area contributed by atoms with Gasteiger partial charge in [0.1, 0.15) is 0 Å². The maximum atomic E-state index is 6.39. The highest BCUT2D eigenvalue weighted by Gasteiger charge is 2.30. The molecule has 1 aliphatic rings. The lowest BCUT2D eigenvalue weighted by atomic mass is 10.1. The average Bonchev–Trinajstić information content (AvgIpc) is 2.74. The van der Waals surface area contributed by atoms with Crippen LogP contribution < -0.4 is 5.73 Å². The van der Waals surface area contributed by atoms with Crippen LogP contribution in [-0.4, -0.2) is 28.0 Å². The Labute approximate surface area is 121 Å². The Morgan fingerprint density at radius 2 is 2.18 bits per heavy atom. The summed E-state index contributed by atoms with van der Waals surface area (Å²) in [5.74, 6) is 2.52. The monoisotopic (exact) mass is 307 g/mol. The van der Waals surface area contributed by atoms with Crippen molar-refractivity contribution in [2.45, 2.75) is 36.3 Å². The first kappa shape index (κ1) is 14.1. The van der Waals surface area contributed by atoms with Gasteiger partial charge in [-0.1, -0.05) is 18.5 Å². The van der Waals surface area contributed by atoms with E-state index in [4.69, 9.17) is 17.3 Å². The molecule has 1 saturated heterocycles. The lowest BCUT2D eigenvalue weighted by Gasteiger charge is -2.34. The van der Waals surface area contributed by atoms with E-state index in [0.717, 1.165) is 16.0 Å². The molecule has 2 N–H and O–H groups in total. The molecule has 96 valence electrons. The van der Waals surface area contributed by atoms with Crippen molar-refractivity contribution < 1.29 is 0 Å². The summed E-state index contributed by atoms with van der Waals surface area (Å²) in [4.78, 5) is 1.31. The molecule has 1 aromatic rings. The summed E-state index contributed by atoms with van der Waals surface area (Å²) in [6.07, 6.45) is 2.19. The predicted octanol–water partition coefficient (Wildman–Crippen LogP) is 3.90. The first-order valence-corrected chi connectivity index (χ1v) is 9.23. The zero-order valence-corrected chi connectivity index (χ0v) is 13.1. The summed E-state index contributed by atoms with van der Waals surface area (Å²) in [7, 11) is 0. The summed E-state index contributed by atoms with van der Waals surface area (Å²) in [6, 6.07) is 4.33. The van der Waals surface area contributed by atoms with Gasteiger partial charge in [0.2, 0.25) is 0 Å². The molecular formula is C12H18ClNS3. The van der Waals surface area contributed by atoms with Crippen molar-refractivity contribution in [2.75, 3.05) is 11.5 Å². The normalized spacial score (nSPS) is 27.0. The van der Waals surface area contributed by atoms with Gasteiger partial charge in [0.05, 0.1) is 4.34 Å². The molecule has 2 heterocycles. The molecule has 17 heavy (non-hydrogen) atoms. The van der Waals surface area contributed by atoms with Crippen LogP contribution in [0.1, 0.15) is 18.2 Å². The van der Waals surface area contributed by atoms with Crippen molar-refractivity contribution in [3.63, 3.8) is 0 Å². The van der Waals surface area contributed by atoms with Crippen LogP contribution in [0.3, 0.4) is 0 Å². The highest BCUT2D eigenvalue weighted by molar-refractivity contribution is 8.07. The van der Waals surface area contributed by atoms with Gasteiger partial charge >= 0.3 is 0 Å². The quantitative estimate of drug-likeness (QED) is 0.913. The highest BCUT2D eigenvalue weighted by atomic mass is 35.5. The van der Waals surface area contributed by atoms with Gasteiger partial charge in [0.15, 0.2) is 0 Å². The molecule has 0 saturated carbocycles. The van der Waals surface area contributed by atoms with Gasteiger partial charge in [-0.3, -0.25) is 0 Å². The topological polar surface area (TPSA) is 26.0 Å². The molecule has 3 unspecified atom stereocenters. The second-order valence-electron chi connectivity index (χ2n) is 4.23. The Hall–Kier alpha value is 0.650. The predicted molar refractivity (Wildman–Crippen MR) is 83.8 cm³/mol. The van der Waals surface area contributed by atoms with Crippen LogP contribution in [0.25, 0.3) is 0 Å². The molecule has 0 bridgehead atoms. The number of rotatable bonds is 4. The number of thiophene rings is 1. The third-order valence-corrected chi connectivity index (χ3v) is 7.66. The maximum absolute atomic E-state index is 6.39. The largest absolute Gasteiger partial charge is 0.326 e. The molecule has 3 atom stereocenters. The van der Waals surface area contributed by atoms with Gasteiger partial charge in [-0.15, -0.1) is 11.3 Å². The SMILES string of the molecule is CCC1SCCSC1C(N)Cc1ccc(Cl)s1. The van der Waals surface area contributed by atoms with Crippen LogP contribution in [-0.2, 0) is 6.42 Å². The Morgan fingerprint density at radius 1 is 1.41 bits per heavy atom. The fourth-order valence-corrected chi connectivity index (χ4v) is 6.50. The van der Waals surface area contributed by atoms with Crippen molar-refractivity contribution in [2.24, 2.45) is 5.73 Å². The van der Waals surface area contributed by atoms with Gasteiger partial charge in [-0.2, -0.15) is 23.5 Å². The molecule has 5 heteroatoms. The molecule has 1 aliphatic heterocycles. The molecule has 2 rings (SSSR count). The highest BCUT2D eigenvalue weighted by Crippen LogP contribution is 2.36. The summed E-state index contributed by atoms with van der Waals surface area (Å²) < 4.78 is 0.866. The minimum absolute atomic E-state index is 0.257. The number of thioether (sulfide) groups is 2. The van der Waals surface area contributed by atoms with E-state index in [1.807, 2.05) is 6.07 Å². The minimum Gasteiger partial charge on any atom is -0.326 e. The standard InChI is InChI=1S/C12H18ClNS3/c1-2-10-12(16-6-5-15-10)9(14)7-8-3-4-11(13)17-8/h3-4,9-10,12H,2,5-7,14H2,1H3. The van der Waals surface area contributed by atoms with Crippen molar-refractivity contribution in [3.05, 3.63) is 21.3 Å². The van der Waals surface area contributed by atoms with Crippen LogP contribution in [0.5, 0.6) is 0 Å². The number of halogens is 1. The van der Waals surface area contributed by atoms with E-state index < -0.39 is 0 Å². The zero-order chi connectivity index (χ0) is 12.3. The number of hydrogen-bond acceptors (Lipinski definition) is 4. The molecule has 1 nitrogen and oxygen atoms in total. The Bertz CT molecular complexity index is 355. The van der Waals surface area contributed by atoms with Crippen molar-refractivity contribution in [1.29, 1.82) is 0 Å². The van der Waals surface area contributed by atoms with Crippen molar-refractivity contribution in [1.82, 2.24) is 0 Å². The fraction of sp³-hybridized carbons (Fsp3) is 0.667. The molecule has 1 fully saturated rings. The summed E-state index contributed by atoms with van der Waals surface area (Å²) >= 11 is 11.8. The van der Waals surface area contributed by atoms with E-state index in [9.17, 15) is 0 Å². The number of hydrogen-bond donors (Lipinski definition) is 1. The third-order valence-electron chi connectivity index (χ3n) is 2.98. The molecule has 0 radical (unpaired) electrons. The zero-order valence-electron chi connectivity index (χ0n) is 9.90. The molecule has 0 spiro atoms. The summed E-state index contributed by atoms with van der Waals surface area (Å²) in [5.41, 5.74) is 6.39. The molecule has 0 amide bonds. The maximum Gasteiger partial charge on any atom is 0.0931 e. The van der Waals surface area contributed by atoms with Gasteiger partial charge < -0.3 is 5.73 Å². The lowest BCUT2D eigenvalue weighted by Crippen LogP contribution is -2.42. The van der Waals surface area contributed by atoms with E-state index in [1.54, 1.807) is 11.3 Å². The van der Waals surface area contributed by atoms with Crippen LogP contribution in [0.2, 0.25) is 4.34 Å². The minimum atomic E-state index is 0.257. The Kier molecular flexibility index (Phi) is 5.55. The van der Waals surface area contributed by atoms with Crippen LogP contribution in [0.4, 0.5) is 0 Å². The Balaban J connectivity index is 1.95. The second-order valence-corrected chi connectivity index (χ2v) is 8.66. The first-order chi connectivity index (χ1) is 8.20. The molecular weight excluding hydrogens is 290 g/mol. The van der Waals surface area contributed by atoms with E-state index in [-0.39, 0.29) is 6.04 Å². The van der Waals surface area contributed by atoms with E-state index in [2.05, 4.69) is 36.5 Å². The number of nitrogens with two attached hydrogens (primary N) is 1. The summed E-state index contributed by atoms with van der Waals surface area (Å²) in [5, 5.41) is 1.32. The summed E-state index contributed by atoms with van der Waals surface area (Å²) in [6.45, 7) is 2.27. The first-order valence-electron chi connectivity index (χ1n) is 5.93. The van der Waals surface area contributed by atoms with Crippen molar-refractivity contribution >= 4 is 46.5 Å². The molecule has 0 aromatic carbocycles. The van der Waals surface area contributed by atoms with Gasteiger partial charge in [-0.25, -0.2) is 0 Å². The van der Waals surface area contributed by atoms with Crippen LogP contribution in [0, 0.1) is 0 Å². The molecule has 0 aliphatic carbocycles. The van der Waals surface area contributed by atoms with E-state index >= 15 is 0 Å². The van der Waals surface area contributed by atoms with E-state index in [0.29, 0.717) is 5.25 Å². The Morgan fingerprint density at radius 3 is 2.82 bits per heavy atom. The smallest absolute Gasteiger partial charge is 0.0931 e. The van der Waals surface area contributed by atoms with Gasteiger partial charge in [-0.05, 0) is 25.0 Å². The van der Waals surface area contributed by atoms with Gasteiger partial charge in [0, 0.05) is 32.9 Å².